The van der Waals surface area contributed by atoms with Crippen LogP contribution < -0.4 is 47.9 Å². The second-order valence-electron chi connectivity index (χ2n) is 11.8. The molecule has 1 fully saturated rings. The molecule has 3 rings (SSSR count). The average molecular weight is 908 g/mol. The number of nitrogens with zero attached hydrogens (tertiary/aromatic N) is 2. The SMILES string of the molecule is COc1cc(C=N[C@@H]2CCCC[C@H]2N=Cc2cc(OC)cc(C(C)(C)C)c2[O-])c([O-])c(C(C)(C)C)c1.ClCCl.O.O.[Co+3].[F-].[F-].[F-].[F-].[F-].[F-].[Sb+5]. The first kappa shape index (κ1) is 69.2. The molecule has 0 aromatic heterocycles. The van der Waals surface area contributed by atoms with Gasteiger partial charge in [-0.3, -0.25) is 9.98 Å². The predicted molar refractivity (Wildman–Crippen MR) is 173 cm³/mol. The molecule has 49 heavy (non-hydrogen) atoms. The van der Waals surface area contributed by atoms with Crippen molar-refractivity contribution in [3.05, 3.63) is 46.5 Å². The van der Waals surface area contributed by atoms with E-state index in [1.165, 1.54) is 0 Å². The Morgan fingerprint density at radius 3 is 1.16 bits per heavy atom. The fraction of sp³-hybridized carbons (Fsp3) is 0.548. The van der Waals surface area contributed by atoms with Crippen LogP contribution in [0.5, 0.6) is 23.0 Å². The molecule has 4 N–H and O–H groups in total. The van der Waals surface area contributed by atoms with Gasteiger partial charge in [0, 0.05) is 12.4 Å². The standard InChI is InChI=1S/C30H42N2O4.CH2Cl2.Co.6FH.2H2O.Sb/c1-29(2,3)23-15-21(35-7)13-19(27(23)33)17-31-25-11-9-10-12-26(25)32-18-20-14-22(36-8)16-24(28(20)34)30(4,5)6;2-1-3;;;;;;;;;;/h13-18,25-26,33-34H,9-12H2,1-8H3;1H2;;6*1H;2*1H2;/q;;+3;;;;;;;;;+5/p-8/t25-,26-;;;;;;;;;;;/m1.........../s1. The molecule has 2 atom stereocenters. The van der Waals surface area contributed by atoms with Gasteiger partial charge >= 0.3 is 41.2 Å². The third kappa shape index (κ3) is 20.1. The molecule has 2 aromatic rings. The van der Waals surface area contributed by atoms with Gasteiger partial charge in [0.2, 0.25) is 0 Å². The van der Waals surface area contributed by atoms with Crippen LogP contribution in [0.15, 0.2) is 34.3 Å². The molecule has 1 aliphatic rings. The summed E-state index contributed by atoms with van der Waals surface area (Å²) in [7, 11) is 3.21. The zero-order valence-corrected chi connectivity index (χ0v) is 33.6. The van der Waals surface area contributed by atoms with E-state index in [1.807, 2.05) is 53.7 Å². The Hall–Kier alpha value is -1.62. The van der Waals surface area contributed by atoms with E-state index < -0.39 is 0 Å². The minimum atomic E-state index is -0.301. The molecule has 0 bridgehead atoms. The van der Waals surface area contributed by atoms with Gasteiger partial charge in [-0.25, -0.2) is 0 Å². The topological polar surface area (TPSA) is 152 Å². The Balaban J connectivity index is -0.000000170. The van der Waals surface area contributed by atoms with Gasteiger partial charge < -0.3 is 58.9 Å². The van der Waals surface area contributed by atoms with E-state index in [2.05, 4.69) is 0 Å². The number of methoxy groups -OCH3 is 2. The van der Waals surface area contributed by atoms with Crippen molar-refractivity contribution >= 4 is 60.1 Å². The van der Waals surface area contributed by atoms with Crippen molar-refractivity contribution in [3.63, 3.8) is 0 Å². The first-order chi connectivity index (χ1) is 18.3. The van der Waals surface area contributed by atoms with Gasteiger partial charge in [0.05, 0.1) is 31.6 Å². The number of hydrogen-bond donors (Lipinski definition) is 0. The second-order valence-corrected chi connectivity index (χ2v) is 12.6. The van der Waals surface area contributed by atoms with E-state index in [4.69, 9.17) is 42.7 Å². The van der Waals surface area contributed by atoms with Crippen molar-refractivity contribution in [2.45, 2.75) is 90.1 Å². The van der Waals surface area contributed by atoms with E-state index >= 15 is 0 Å². The summed E-state index contributed by atoms with van der Waals surface area (Å²) in [5, 5.41) is 26.5. The molecule has 8 nitrogen and oxygen atoms in total. The van der Waals surface area contributed by atoms with Crippen LogP contribution in [0.2, 0.25) is 0 Å². The molecular weight excluding hydrogens is 862 g/mol. The molecule has 1 aliphatic carbocycles. The quantitative estimate of drug-likeness (QED) is 0.123. The Morgan fingerprint density at radius 1 is 0.673 bits per heavy atom. The van der Waals surface area contributed by atoms with Gasteiger partial charge in [0.15, 0.2) is 0 Å². The van der Waals surface area contributed by atoms with Gasteiger partial charge in [0.25, 0.3) is 0 Å². The third-order valence-corrected chi connectivity index (χ3v) is 6.77. The summed E-state index contributed by atoms with van der Waals surface area (Å²) in [6, 6.07) is 7.01. The molecule has 0 heterocycles. The smallest absolute Gasteiger partial charge is 1.00 e. The van der Waals surface area contributed by atoms with Crippen molar-refractivity contribution in [1.82, 2.24) is 0 Å². The molecule has 0 aliphatic heterocycles. The van der Waals surface area contributed by atoms with Crippen LogP contribution in [-0.2, 0) is 27.6 Å². The average Bonchev–Trinajstić information content (AvgIpc) is 2.87. The van der Waals surface area contributed by atoms with Gasteiger partial charge in [-0.05, 0) is 70.2 Å². The molecule has 0 amide bonds. The molecular formula is C31H46Cl2CoF6N2O6Sb. The molecule has 0 unspecified atom stereocenters. The van der Waals surface area contributed by atoms with Crippen LogP contribution in [0.4, 0.5) is 0 Å². The fourth-order valence-corrected chi connectivity index (χ4v) is 4.58. The summed E-state index contributed by atoms with van der Waals surface area (Å²) in [5.41, 5.74) is 1.86. The number of ether oxygens (including phenoxy) is 2. The van der Waals surface area contributed by atoms with Crippen LogP contribution >= 0.6 is 23.2 Å². The predicted octanol–water partition coefficient (Wildman–Crippen LogP) is -13.3. The van der Waals surface area contributed by atoms with Crippen molar-refractivity contribution in [2.75, 3.05) is 19.6 Å². The minimum Gasteiger partial charge on any atom is -1.00 e. The van der Waals surface area contributed by atoms with Gasteiger partial charge in [-0.1, -0.05) is 65.9 Å². The van der Waals surface area contributed by atoms with E-state index in [-0.39, 0.29) is 120 Å². The van der Waals surface area contributed by atoms with Crippen LogP contribution in [-0.4, -0.2) is 79.5 Å². The maximum Gasteiger partial charge on any atom is 5.00 e. The summed E-state index contributed by atoms with van der Waals surface area (Å²) in [6.45, 7) is 12.1. The van der Waals surface area contributed by atoms with Crippen molar-refractivity contribution < 1.29 is 75.6 Å². The molecule has 0 spiro atoms. The number of rotatable bonds is 6. The molecule has 2 aromatic carbocycles. The van der Waals surface area contributed by atoms with Crippen molar-refractivity contribution in [3.8, 4) is 23.0 Å². The first-order valence-corrected chi connectivity index (χ1v) is 14.3. The Kier molecular flexibility index (Phi) is 44.0. The Labute approximate surface area is 323 Å². The van der Waals surface area contributed by atoms with Crippen molar-refractivity contribution in [2.24, 2.45) is 9.98 Å². The third-order valence-electron chi connectivity index (χ3n) is 6.77. The van der Waals surface area contributed by atoms with Crippen LogP contribution in [0.3, 0.4) is 0 Å². The number of aliphatic imine (C=N–C) groups is 2. The molecule has 1 saturated carbocycles. The van der Waals surface area contributed by atoms with Gasteiger partial charge in [-0.2, -0.15) is 0 Å². The zero-order chi connectivity index (χ0) is 29.4. The summed E-state index contributed by atoms with van der Waals surface area (Å²) in [5.74, 6) is 1.25. The van der Waals surface area contributed by atoms with Crippen LogP contribution in [0.1, 0.15) is 89.5 Å². The monoisotopic (exact) mass is 906 g/mol. The number of alkyl halides is 2. The molecule has 0 radical (unpaired) electrons. The van der Waals surface area contributed by atoms with Crippen molar-refractivity contribution in [1.29, 1.82) is 0 Å². The number of benzene rings is 2. The van der Waals surface area contributed by atoms with E-state index in [1.54, 1.807) is 38.8 Å². The van der Waals surface area contributed by atoms with E-state index in [9.17, 15) is 10.2 Å². The summed E-state index contributed by atoms with van der Waals surface area (Å²) in [6.07, 6.45) is 7.26. The van der Waals surface area contributed by atoms with Gasteiger partial charge in [0.1, 0.15) is 11.5 Å². The first-order valence-electron chi connectivity index (χ1n) is 13.2. The summed E-state index contributed by atoms with van der Waals surface area (Å²) < 4.78 is 10.9. The van der Waals surface area contributed by atoms with Crippen LogP contribution in [0.25, 0.3) is 0 Å². The number of halogens is 8. The minimum absolute atomic E-state index is 0. The Bertz CT molecular complexity index is 1110. The maximum atomic E-state index is 13.1. The van der Waals surface area contributed by atoms with E-state index in [0.29, 0.717) is 33.8 Å². The Morgan fingerprint density at radius 2 is 0.939 bits per heavy atom. The zero-order valence-electron chi connectivity index (χ0n) is 28.5. The van der Waals surface area contributed by atoms with E-state index in [0.717, 1.165) is 25.7 Å². The summed E-state index contributed by atoms with van der Waals surface area (Å²) in [4.78, 5) is 9.64. The fourth-order valence-electron chi connectivity index (χ4n) is 4.58. The van der Waals surface area contributed by atoms with Crippen LogP contribution in [0, 0.1) is 0 Å². The molecule has 0 saturated heterocycles. The van der Waals surface area contributed by atoms with Gasteiger partial charge in [-0.15, -0.1) is 23.2 Å². The second kappa shape index (κ2) is 31.1. The molecule has 18 heteroatoms. The normalized spacial score (nSPS) is 14.5. The molecule has 286 valence electrons. The number of hydrogen-bond acceptors (Lipinski definition) is 6. The summed E-state index contributed by atoms with van der Waals surface area (Å²) >= 11 is 9.53. The maximum absolute atomic E-state index is 13.1. The largest absolute Gasteiger partial charge is 5.00 e.